The number of rotatable bonds is 10. The molecule has 1 aromatic rings. The second-order valence-corrected chi connectivity index (χ2v) is 8.85. The lowest BCUT2D eigenvalue weighted by Crippen LogP contribution is -2.49. The predicted molar refractivity (Wildman–Crippen MR) is 124 cm³/mol. The van der Waals surface area contributed by atoms with E-state index in [1.807, 2.05) is 26.0 Å². The van der Waals surface area contributed by atoms with Crippen LogP contribution in [0, 0.1) is 0 Å². The lowest BCUT2D eigenvalue weighted by molar-refractivity contribution is -0.140. The summed E-state index contributed by atoms with van der Waals surface area (Å²) in [5.74, 6) is -3.19. The molecular formula is C23H34N4O7. The molecule has 0 aliphatic carbocycles. The molecule has 1 aliphatic rings. The Labute approximate surface area is 198 Å². The first kappa shape index (κ1) is 27.2. The van der Waals surface area contributed by atoms with E-state index >= 15 is 0 Å². The summed E-state index contributed by atoms with van der Waals surface area (Å²) in [6, 6.07) is 6.77. The van der Waals surface area contributed by atoms with Crippen molar-refractivity contribution in [3.05, 3.63) is 35.4 Å². The number of amides is 1. The molecule has 1 aliphatic heterocycles. The van der Waals surface area contributed by atoms with Gasteiger partial charge in [-0.1, -0.05) is 12.1 Å². The zero-order valence-electron chi connectivity index (χ0n) is 19.6. The first-order valence-corrected chi connectivity index (χ1v) is 11.3. The van der Waals surface area contributed by atoms with E-state index in [9.17, 15) is 34.5 Å². The smallest absolute Gasteiger partial charge is 0.317 e. The first-order valence-electron chi connectivity index (χ1n) is 11.3. The fourth-order valence-corrected chi connectivity index (χ4v) is 4.02. The number of benzene rings is 1. The van der Waals surface area contributed by atoms with E-state index in [-0.39, 0.29) is 37.6 Å². The molecule has 1 unspecified atom stereocenters. The molecule has 0 saturated carbocycles. The summed E-state index contributed by atoms with van der Waals surface area (Å²) >= 11 is 0. The molecule has 188 valence electrons. The van der Waals surface area contributed by atoms with Crippen LogP contribution in [0.1, 0.15) is 29.8 Å². The average molecular weight is 479 g/mol. The van der Waals surface area contributed by atoms with Crippen molar-refractivity contribution >= 4 is 23.8 Å². The highest BCUT2D eigenvalue weighted by Crippen LogP contribution is 2.15. The van der Waals surface area contributed by atoms with E-state index in [2.05, 4.69) is 5.32 Å². The quantitative estimate of drug-likeness (QED) is 0.359. The number of carbonyl (C=O) groups excluding carboxylic acids is 1. The Morgan fingerprint density at radius 2 is 1.38 bits per heavy atom. The third-order valence-electron chi connectivity index (χ3n) is 5.58. The maximum atomic E-state index is 12.2. The van der Waals surface area contributed by atoms with Gasteiger partial charge in [-0.25, -0.2) is 0 Å². The van der Waals surface area contributed by atoms with Crippen molar-refractivity contribution in [2.75, 3.05) is 52.4 Å². The number of nitrogens with zero attached hydrogens (tertiary/aromatic N) is 3. The van der Waals surface area contributed by atoms with Gasteiger partial charge in [-0.05, 0) is 38.0 Å². The zero-order valence-corrected chi connectivity index (χ0v) is 19.6. The van der Waals surface area contributed by atoms with Gasteiger partial charge in [0.05, 0.1) is 19.6 Å². The third kappa shape index (κ3) is 9.46. The van der Waals surface area contributed by atoms with Crippen molar-refractivity contribution < 1.29 is 34.5 Å². The lowest BCUT2D eigenvalue weighted by atomic mass is 10.0. The van der Waals surface area contributed by atoms with Crippen LogP contribution in [0.15, 0.2) is 24.3 Å². The van der Waals surface area contributed by atoms with Crippen LogP contribution in [0.25, 0.3) is 0 Å². The molecule has 2 rings (SSSR count). The summed E-state index contributed by atoms with van der Waals surface area (Å²) in [6.45, 7) is 4.79. The molecular weight excluding hydrogens is 444 g/mol. The topological polar surface area (TPSA) is 151 Å². The molecule has 0 radical (unpaired) electrons. The average Bonchev–Trinajstić information content (AvgIpc) is 2.78. The Hall–Kier alpha value is -3.02. The van der Waals surface area contributed by atoms with Gasteiger partial charge in [0.2, 0.25) is 0 Å². The van der Waals surface area contributed by atoms with Gasteiger partial charge in [-0.3, -0.25) is 33.9 Å². The molecule has 1 atom stereocenters. The van der Waals surface area contributed by atoms with Crippen LogP contribution in [0.5, 0.6) is 0 Å². The molecule has 1 amide bonds. The summed E-state index contributed by atoms with van der Waals surface area (Å²) in [5.41, 5.74) is 1.41. The fraction of sp³-hybridized carbons (Fsp3) is 0.565. The number of hydrogen-bond acceptors (Lipinski definition) is 7. The largest absolute Gasteiger partial charge is 0.480 e. The normalized spacial score (nSPS) is 18.6. The van der Waals surface area contributed by atoms with Crippen LogP contribution in [0.4, 0.5) is 0 Å². The van der Waals surface area contributed by atoms with Crippen molar-refractivity contribution in [1.82, 2.24) is 20.0 Å². The highest BCUT2D eigenvalue weighted by atomic mass is 16.4. The molecule has 0 bridgehead atoms. The Bertz CT molecular complexity index is 859. The molecule has 11 heteroatoms. The van der Waals surface area contributed by atoms with Crippen LogP contribution in [-0.4, -0.2) is 118 Å². The van der Waals surface area contributed by atoms with E-state index < -0.39 is 17.9 Å². The van der Waals surface area contributed by atoms with Gasteiger partial charge >= 0.3 is 17.9 Å². The van der Waals surface area contributed by atoms with E-state index in [1.54, 1.807) is 26.8 Å². The second-order valence-electron chi connectivity index (χ2n) is 8.85. The van der Waals surface area contributed by atoms with Crippen LogP contribution < -0.4 is 5.32 Å². The van der Waals surface area contributed by atoms with E-state index in [1.165, 1.54) is 0 Å². The van der Waals surface area contributed by atoms with Gasteiger partial charge in [0.1, 0.15) is 0 Å². The van der Waals surface area contributed by atoms with Crippen LogP contribution in [-0.2, 0) is 20.8 Å². The zero-order chi connectivity index (χ0) is 25.3. The van der Waals surface area contributed by atoms with Gasteiger partial charge in [-0.15, -0.1) is 0 Å². The molecule has 1 saturated heterocycles. The molecule has 1 fully saturated rings. The van der Waals surface area contributed by atoms with E-state index in [0.29, 0.717) is 44.7 Å². The minimum atomic E-state index is -1.01. The number of carboxylic acids is 3. The summed E-state index contributed by atoms with van der Waals surface area (Å²) < 4.78 is 0. The number of aliphatic carboxylic acids is 3. The molecule has 0 spiro atoms. The molecule has 0 aromatic heterocycles. The lowest BCUT2D eigenvalue weighted by Gasteiger charge is -2.33. The van der Waals surface area contributed by atoms with E-state index in [4.69, 9.17) is 0 Å². The maximum Gasteiger partial charge on any atom is 0.317 e. The van der Waals surface area contributed by atoms with Crippen molar-refractivity contribution in [2.24, 2.45) is 0 Å². The Morgan fingerprint density at radius 1 is 0.853 bits per heavy atom. The van der Waals surface area contributed by atoms with Crippen LogP contribution in [0.3, 0.4) is 0 Å². The van der Waals surface area contributed by atoms with Gasteiger partial charge in [0.15, 0.2) is 0 Å². The second kappa shape index (κ2) is 13.0. The van der Waals surface area contributed by atoms with Crippen molar-refractivity contribution in [2.45, 2.75) is 32.4 Å². The standard InChI is InChI=1S/C23H34N4O7/c1-16(2)24-23(34)18-5-3-17(4-6-18)11-19-12-26(14-21(30)31)8-7-25(13-20(28)29)9-10-27(19)15-22(32)33/h3-6,16,19H,7-15H2,1-2H3,(H,24,34)(H,28,29)(H,30,31)(H,32,33). The summed E-state index contributed by atoms with van der Waals surface area (Å²) in [5, 5.41) is 30.8. The van der Waals surface area contributed by atoms with Gasteiger partial charge < -0.3 is 20.6 Å². The third-order valence-corrected chi connectivity index (χ3v) is 5.58. The van der Waals surface area contributed by atoms with Gasteiger partial charge in [-0.2, -0.15) is 0 Å². The Morgan fingerprint density at radius 3 is 1.94 bits per heavy atom. The van der Waals surface area contributed by atoms with Crippen LogP contribution >= 0.6 is 0 Å². The number of hydrogen-bond donors (Lipinski definition) is 4. The van der Waals surface area contributed by atoms with Crippen molar-refractivity contribution in [3.63, 3.8) is 0 Å². The monoisotopic (exact) mass is 478 g/mol. The maximum absolute atomic E-state index is 12.2. The van der Waals surface area contributed by atoms with Crippen molar-refractivity contribution in [1.29, 1.82) is 0 Å². The minimum absolute atomic E-state index is 0.0107. The first-order chi connectivity index (χ1) is 16.0. The number of carbonyl (C=O) groups is 4. The minimum Gasteiger partial charge on any atom is -0.480 e. The summed E-state index contributed by atoms with van der Waals surface area (Å²) in [6.07, 6.45) is 0.453. The fourth-order valence-electron chi connectivity index (χ4n) is 4.02. The highest BCUT2D eigenvalue weighted by molar-refractivity contribution is 5.94. The van der Waals surface area contributed by atoms with Crippen molar-refractivity contribution in [3.8, 4) is 0 Å². The SMILES string of the molecule is CC(C)NC(=O)c1ccc(CC2CN(CC(=O)O)CCN(CC(=O)O)CCN2CC(=O)O)cc1. The molecule has 1 aromatic carbocycles. The summed E-state index contributed by atoms with van der Waals surface area (Å²) in [7, 11) is 0. The molecule has 34 heavy (non-hydrogen) atoms. The predicted octanol–water partition coefficient (Wildman–Crippen LogP) is -0.0907. The highest BCUT2D eigenvalue weighted by Gasteiger charge is 2.28. The Kier molecular flexibility index (Phi) is 10.4. The Balaban J connectivity index is 2.26. The van der Waals surface area contributed by atoms with Crippen LogP contribution in [0.2, 0.25) is 0 Å². The van der Waals surface area contributed by atoms with E-state index in [0.717, 1.165) is 5.56 Å². The summed E-state index contributed by atoms with van der Waals surface area (Å²) in [4.78, 5) is 51.6. The molecule has 11 nitrogen and oxygen atoms in total. The van der Waals surface area contributed by atoms with Gasteiger partial charge in [0.25, 0.3) is 5.91 Å². The number of carboxylic acid groups (broad SMARTS) is 3. The number of nitrogens with one attached hydrogen (secondary N) is 1. The van der Waals surface area contributed by atoms with Gasteiger partial charge in [0, 0.05) is 50.4 Å². The molecule has 1 heterocycles. The molecule has 4 N–H and O–H groups in total.